The third kappa shape index (κ3) is 1.55. The lowest BCUT2D eigenvalue weighted by Gasteiger charge is -2.06. The van der Waals surface area contributed by atoms with Crippen LogP contribution in [0.1, 0.15) is 28.2 Å². The van der Waals surface area contributed by atoms with Crippen molar-refractivity contribution in [3.8, 4) is 5.75 Å². The minimum Gasteiger partial charge on any atom is -0.507 e. The van der Waals surface area contributed by atoms with E-state index in [-0.39, 0.29) is 11.5 Å². The Bertz CT molecular complexity index is 584. The molecule has 2 heterocycles. The Hall–Kier alpha value is -2.03. The van der Waals surface area contributed by atoms with E-state index in [0.29, 0.717) is 11.3 Å². The third-order valence-electron chi connectivity index (χ3n) is 3.27. The molecule has 0 spiro atoms. The highest BCUT2D eigenvalue weighted by molar-refractivity contribution is 6.09. The molecule has 1 aliphatic heterocycles. The van der Waals surface area contributed by atoms with Crippen LogP contribution in [0.25, 0.3) is 0 Å². The van der Waals surface area contributed by atoms with Crippen molar-refractivity contribution in [1.29, 1.82) is 0 Å². The Balaban J connectivity index is 2.05. The number of nitrogens with zero attached hydrogens (tertiary/aromatic N) is 1. The van der Waals surface area contributed by atoms with E-state index < -0.39 is 0 Å². The summed E-state index contributed by atoms with van der Waals surface area (Å²) in [6, 6.07) is 10.5. The molecule has 0 saturated carbocycles. The average molecular weight is 227 g/mol. The molecule has 3 heteroatoms. The Morgan fingerprint density at radius 1 is 1.18 bits per heavy atom. The molecule has 0 unspecified atom stereocenters. The summed E-state index contributed by atoms with van der Waals surface area (Å²) < 4.78 is 2.05. The van der Waals surface area contributed by atoms with Gasteiger partial charge in [-0.3, -0.25) is 4.79 Å². The van der Waals surface area contributed by atoms with Gasteiger partial charge in [-0.2, -0.15) is 0 Å². The lowest BCUT2D eigenvalue weighted by molar-refractivity contribution is 0.102. The van der Waals surface area contributed by atoms with Gasteiger partial charge in [-0.25, -0.2) is 0 Å². The van der Waals surface area contributed by atoms with E-state index in [4.69, 9.17) is 0 Å². The number of phenols is 1. The molecule has 0 saturated heterocycles. The number of carbonyl (C=O) groups excluding carboxylic acids is 1. The summed E-state index contributed by atoms with van der Waals surface area (Å²) in [6.45, 7) is 0.900. The first-order chi connectivity index (χ1) is 8.27. The molecule has 86 valence electrons. The summed E-state index contributed by atoms with van der Waals surface area (Å²) in [7, 11) is 0. The summed E-state index contributed by atoms with van der Waals surface area (Å²) >= 11 is 0. The van der Waals surface area contributed by atoms with Crippen LogP contribution in [0, 0.1) is 0 Å². The predicted octanol–water partition coefficient (Wildman–Crippen LogP) is 2.37. The Labute approximate surface area is 99.3 Å². The lowest BCUT2D eigenvalue weighted by Crippen LogP contribution is -2.08. The lowest BCUT2D eigenvalue weighted by atomic mass is 10.1. The van der Waals surface area contributed by atoms with E-state index in [2.05, 4.69) is 4.57 Å². The van der Waals surface area contributed by atoms with E-state index in [1.54, 1.807) is 24.3 Å². The van der Waals surface area contributed by atoms with Crippen molar-refractivity contribution in [2.24, 2.45) is 0 Å². The van der Waals surface area contributed by atoms with Crippen LogP contribution in [-0.2, 0) is 13.0 Å². The number of benzene rings is 1. The van der Waals surface area contributed by atoms with E-state index in [1.165, 1.54) is 5.69 Å². The van der Waals surface area contributed by atoms with Gasteiger partial charge in [0.25, 0.3) is 0 Å². The smallest absolute Gasteiger partial charge is 0.213 e. The molecule has 0 aliphatic carbocycles. The van der Waals surface area contributed by atoms with Gasteiger partial charge in [-0.05, 0) is 37.1 Å². The normalized spacial score (nSPS) is 13.6. The van der Waals surface area contributed by atoms with E-state index >= 15 is 0 Å². The zero-order valence-corrected chi connectivity index (χ0v) is 9.39. The number of hydrogen-bond donors (Lipinski definition) is 1. The predicted molar refractivity (Wildman–Crippen MR) is 64.3 cm³/mol. The number of hydrogen-bond acceptors (Lipinski definition) is 2. The van der Waals surface area contributed by atoms with Crippen LogP contribution in [0.5, 0.6) is 5.75 Å². The fourth-order valence-corrected chi connectivity index (χ4v) is 2.41. The molecule has 1 aliphatic rings. The van der Waals surface area contributed by atoms with Crippen LogP contribution in [-0.4, -0.2) is 15.5 Å². The van der Waals surface area contributed by atoms with E-state index in [0.717, 1.165) is 19.4 Å². The van der Waals surface area contributed by atoms with Crippen molar-refractivity contribution in [2.45, 2.75) is 19.4 Å². The minimum atomic E-state index is -0.101. The SMILES string of the molecule is O=C(c1ccccc1O)c1ccc2n1CCC2. The number of aryl methyl sites for hydroxylation is 1. The molecule has 1 aromatic heterocycles. The molecule has 2 aromatic rings. The fraction of sp³-hybridized carbons (Fsp3) is 0.214. The molecule has 17 heavy (non-hydrogen) atoms. The monoisotopic (exact) mass is 227 g/mol. The van der Waals surface area contributed by atoms with Gasteiger partial charge in [0.1, 0.15) is 5.75 Å². The van der Waals surface area contributed by atoms with Crippen LogP contribution < -0.4 is 0 Å². The molecule has 0 bridgehead atoms. The number of fused-ring (bicyclic) bond motifs is 1. The van der Waals surface area contributed by atoms with Gasteiger partial charge in [-0.1, -0.05) is 12.1 Å². The largest absolute Gasteiger partial charge is 0.507 e. The number of phenolic OH excluding ortho intramolecular Hbond substituents is 1. The van der Waals surface area contributed by atoms with Crippen molar-refractivity contribution >= 4 is 5.78 Å². The average Bonchev–Trinajstić information content (AvgIpc) is 2.90. The molecule has 0 atom stereocenters. The van der Waals surface area contributed by atoms with Crippen molar-refractivity contribution in [3.63, 3.8) is 0 Å². The highest BCUT2D eigenvalue weighted by Crippen LogP contribution is 2.24. The summed E-state index contributed by atoms with van der Waals surface area (Å²) in [5.74, 6) is -0.0534. The van der Waals surface area contributed by atoms with E-state index in [1.807, 2.05) is 12.1 Å². The van der Waals surface area contributed by atoms with Crippen molar-refractivity contribution in [1.82, 2.24) is 4.57 Å². The van der Waals surface area contributed by atoms with Crippen LogP contribution in [0.2, 0.25) is 0 Å². The topological polar surface area (TPSA) is 42.2 Å². The quantitative estimate of drug-likeness (QED) is 0.800. The van der Waals surface area contributed by atoms with Gasteiger partial charge >= 0.3 is 0 Å². The van der Waals surface area contributed by atoms with Gasteiger partial charge < -0.3 is 9.67 Å². The second-order valence-electron chi connectivity index (χ2n) is 4.31. The third-order valence-corrected chi connectivity index (χ3v) is 3.27. The molecular weight excluding hydrogens is 214 g/mol. The zero-order chi connectivity index (χ0) is 11.8. The van der Waals surface area contributed by atoms with Crippen LogP contribution >= 0.6 is 0 Å². The Morgan fingerprint density at radius 2 is 2.00 bits per heavy atom. The van der Waals surface area contributed by atoms with Gasteiger partial charge in [0.15, 0.2) is 0 Å². The molecule has 0 radical (unpaired) electrons. The van der Waals surface area contributed by atoms with Crippen molar-refractivity contribution < 1.29 is 9.90 Å². The molecule has 1 aromatic carbocycles. The van der Waals surface area contributed by atoms with Crippen LogP contribution in [0.3, 0.4) is 0 Å². The van der Waals surface area contributed by atoms with Crippen molar-refractivity contribution in [3.05, 3.63) is 53.3 Å². The molecule has 3 nitrogen and oxygen atoms in total. The summed E-state index contributed by atoms with van der Waals surface area (Å²) in [5, 5.41) is 9.70. The molecule has 0 fully saturated rings. The first-order valence-corrected chi connectivity index (χ1v) is 5.78. The molecule has 1 N–H and O–H groups in total. The maximum Gasteiger partial charge on any atom is 0.213 e. The fourth-order valence-electron chi connectivity index (χ4n) is 2.41. The number of aromatic hydroxyl groups is 1. The number of rotatable bonds is 2. The number of aromatic nitrogens is 1. The summed E-state index contributed by atoms with van der Waals surface area (Å²) in [6.07, 6.45) is 2.13. The van der Waals surface area contributed by atoms with Crippen molar-refractivity contribution in [2.75, 3.05) is 0 Å². The Kier molecular flexibility index (Phi) is 2.25. The number of carbonyl (C=O) groups is 1. The maximum absolute atomic E-state index is 12.3. The van der Waals surface area contributed by atoms with Gasteiger partial charge in [0.05, 0.1) is 11.3 Å². The van der Waals surface area contributed by atoms with E-state index in [9.17, 15) is 9.90 Å². The van der Waals surface area contributed by atoms with Crippen LogP contribution in [0.4, 0.5) is 0 Å². The highest BCUT2D eigenvalue weighted by Gasteiger charge is 2.21. The highest BCUT2D eigenvalue weighted by atomic mass is 16.3. The minimum absolute atomic E-state index is 0.0473. The number of para-hydroxylation sites is 1. The zero-order valence-electron chi connectivity index (χ0n) is 9.39. The molecule has 0 amide bonds. The second-order valence-corrected chi connectivity index (χ2v) is 4.31. The second kappa shape index (κ2) is 3.77. The summed E-state index contributed by atoms with van der Waals surface area (Å²) in [5.41, 5.74) is 2.27. The molecular formula is C14H13NO2. The maximum atomic E-state index is 12.3. The van der Waals surface area contributed by atoms with Gasteiger partial charge in [0, 0.05) is 12.2 Å². The van der Waals surface area contributed by atoms with Crippen LogP contribution in [0.15, 0.2) is 36.4 Å². The van der Waals surface area contributed by atoms with Gasteiger partial charge in [-0.15, -0.1) is 0 Å². The number of ketones is 1. The first kappa shape index (κ1) is 10.1. The first-order valence-electron chi connectivity index (χ1n) is 5.78. The van der Waals surface area contributed by atoms with Gasteiger partial charge in [0.2, 0.25) is 5.78 Å². The summed E-state index contributed by atoms with van der Waals surface area (Å²) in [4.78, 5) is 12.3. The Morgan fingerprint density at radius 3 is 2.82 bits per heavy atom. The standard InChI is InChI=1S/C14H13NO2/c16-13-6-2-1-5-11(13)14(17)12-8-7-10-4-3-9-15(10)12/h1-2,5-8,16H,3-4,9H2. The molecule has 3 rings (SSSR count).